The van der Waals surface area contributed by atoms with E-state index < -0.39 is 0 Å². The van der Waals surface area contributed by atoms with Crippen LogP contribution in [0.1, 0.15) is 18.4 Å². The molecule has 1 heterocycles. The molecule has 0 fully saturated rings. The number of hydrogen-bond donors (Lipinski definition) is 2. The molecule has 3 rings (SSSR count). The number of anilines is 1. The minimum atomic E-state index is 0.0882. The van der Waals surface area contributed by atoms with Crippen molar-refractivity contribution in [3.63, 3.8) is 0 Å². The summed E-state index contributed by atoms with van der Waals surface area (Å²) in [4.78, 5) is 20.4. The van der Waals surface area contributed by atoms with Crippen LogP contribution >= 0.6 is 0 Å². The first kappa shape index (κ1) is 16.9. The summed E-state index contributed by atoms with van der Waals surface area (Å²) in [5.74, 6) is 0.903. The third-order valence-corrected chi connectivity index (χ3v) is 3.99. The van der Waals surface area contributed by atoms with Gasteiger partial charge in [-0.05, 0) is 30.5 Å². The van der Waals surface area contributed by atoms with Crippen molar-refractivity contribution < 1.29 is 4.79 Å². The van der Waals surface area contributed by atoms with Crippen molar-refractivity contribution in [2.45, 2.75) is 19.3 Å². The number of hydrogen-bond acceptors (Lipinski definition) is 4. The van der Waals surface area contributed by atoms with Crippen LogP contribution < -0.4 is 10.6 Å². The van der Waals surface area contributed by atoms with E-state index in [1.807, 2.05) is 42.5 Å². The molecule has 0 spiro atoms. The van der Waals surface area contributed by atoms with E-state index in [1.54, 1.807) is 6.33 Å². The summed E-state index contributed by atoms with van der Waals surface area (Å²) in [7, 11) is 0. The number of benzene rings is 2. The lowest BCUT2D eigenvalue weighted by Crippen LogP contribution is -2.25. The first-order valence-electron chi connectivity index (χ1n) is 8.57. The standard InChI is InChI=1S/C20H22N4O/c25-19(21-14-12-16-7-2-1-3-8-16)11-6-13-22-20-17-9-4-5-10-18(17)23-15-24-20/h1-5,7-10,15H,6,11-14H2,(H,21,25)(H,22,23,24). The number of carbonyl (C=O) groups excluding carboxylic acids is 1. The van der Waals surface area contributed by atoms with E-state index >= 15 is 0 Å². The van der Waals surface area contributed by atoms with Gasteiger partial charge in [-0.15, -0.1) is 0 Å². The molecule has 0 saturated heterocycles. The van der Waals surface area contributed by atoms with Gasteiger partial charge in [-0.3, -0.25) is 4.79 Å². The van der Waals surface area contributed by atoms with Crippen LogP contribution in [0, 0.1) is 0 Å². The largest absolute Gasteiger partial charge is 0.369 e. The number of aromatic nitrogens is 2. The predicted molar refractivity (Wildman–Crippen MR) is 100 cm³/mol. The normalized spacial score (nSPS) is 10.6. The Kier molecular flexibility index (Phi) is 5.93. The van der Waals surface area contributed by atoms with Crippen molar-refractivity contribution in [2.75, 3.05) is 18.4 Å². The third-order valence-electron chi connectivity index (χ3n) is 3.99. The Balaban J connectivity index is 1.37. The molecule has 0 saturated carbocycles. The van der Waals surface area contributed by atoms with E-state index in [9.17, 15) is 4.79 Å². The number of carbonyl (C=O) groups is 1. The average molecular weight is 334 g/mol. The second-order valence-electron chi connectivity index (χ2n) is 5.86. The van der Waals surface area contributed by atoms with Crippen LogP contribution in [-0.2, 0) is 11.2 Å². The number of para-hydroxylation sites is 1. The molecule has 5 heteroatoms. The van der Waals surface area contributed by atoms with Gasteiger partial charge in [0.2, 0.25) is 5.91 Å². The molecule has 128 valence electrons. The average Bonchev–Trinajstić information content (AvgIpc) is 2.66. The maximum absolute atomic E-state index is 11.9. The van der Waals surface area contributed by atoms with Crippen LogP contribution in [0.2, 0.25) is 0 Å². The van der Waals surface area contributed by atoms with E-state index in [-0.39, 0.29) is 5.91 Å². The summed E-state index contributed by atoms with van der Waals surface area (Å²) in [6, 6.07) is 18.0. The fourth-order valence-electron chi connectivity index (χ4n) is 2.68. The van der Waals surface area contributed by atoms with Crippen LogP contribution in [-0.4, -0.2) is 29.0 Å². The van der Waals surface area contributed by atoms with Gasteiger partial charge in [0.1, 0.15) is 12.1 Å². The molecule has 0 bridgehead atoms. The van der Waals surface area contributed by atoms with Crippen molar-refractivity contribution in [3.05, 3.63) is 66.5 Å². The highest BCUT2D eigenvalue weighted by atomic mass is 16.1. The van der Waals surface area contributed by atoms with E-state index in [1.165, 1.54) is 5.56 Å². The highest BCUT2D eigenvalue weighted by molar-refractivity contribution is 5.88. The van der Waals surface area contributed by atoms with E-state index in [2.05, 4.69) is 32.7 Å². The summed E-state index contributed by atoms with van der Waals surface area (Å²) in [5, 5.41) is 7.26. The molecule has 0 aliphatic rings. The zero-order chi connectivity index (χ0) is 17.3. The Hall–Kier alpha value is -2.95. The quantitative estimate of drug-likeness (QED) is 0.621. The predicted octanol–water partition coefficient (Wildman–Crippen LogP) is 3.18. The van der Waals surface area contributed by atoms with Crippen molar-refractivity contribution in [2.24, 2.45) is 0 Å². The Morgan fingerprint density at radius 1 is 0.920 bits per heavy atom. The Bertz CT molecular complexity index is 815. The van der Waals surface area contributed by atoms with Crippen LogP contribution in [0.25, 0.3) is 10.9 Å². The van der Waals surface area contributed by atoms with E-state index in [0.717, 1.165) is 29.6 Å². The molecule has 2 aromatic carbocycles. The molecule has 1 aromatic heterocycles. The first-order valence-corrected chi connectivity index (χ1v) is 8.57. The van der Waals surface area contributed by atoms with Gasteiger partial charge in [-0.25, -0.2) is 9.97 Å². The van der Waals surface area contributed by atoms with Crippen molar-refractivity contribution in [1.82, 2.24) is 15.3 Å². The van der Waals surface area contributed by atoms with Crippen LogP contribution in [0.15, 0.2) is 60.9 Å². The molecule has 0 aliphatic carbocycles. The lowest BCUT2D eigenvalue weighted by atomic mass is 10.1. The van der Waals surface area contributed by atoms with Crippen molar-refractivity contribution in [3.8, 4) is 0 Å². The molecular formula is C20H22N4O. The van der Waals surface area contributed by atoms with Gasteiger partial charge < -0.3 is 10.6 Å². The molecule has 0 aliphatic heterocycles. The molecule has 0 atom stereocenters. The lowest BCUT2D eigenvalue weighted by molar-refractivity contribution is -0.121. The summed E-state index contributed by atoms with van der Waals surface area (Å²) in [6.45, 7) is 1.37. The maximum atomic E-state index is 11.9. The Morgan fingerprint density at radius 3 is 2.60 bits per heavy atom. The van der Waals surface area contributed by atoms with Gasteiger partial charge in [0, 0.05) is 24.9 Å². The third kappa shape index (κ3) is 5.01. The SMILES string of the molecule is O=C(CCCNc1ncnc2ccccc12)NCCc1ccccc1. The summed E-state index contributed by atoms with van der Waals surface area (Å²) in [5.41, 5.74) is 2.15. The van der Waals surface area contributed by atoms with Gasteiger partial charge in [0.25, 0.3) is 0 Å². The Morgan fingerprint density at radius 2 is 1.72 bits per heavy atom. The summed E-state index contributed by atoms with van der Waals surface area (Å²) < 4.78 is 0. The van der Waals surface area contributed by atoms with Gasteiger partial charge in [-0.1, -0.05) is 42.5 Å². The number of amides is 1. The molecule has 3 aromatic rings. The molecular weight excluding hydrogens is 312 g/mol. The number of fused-ring (bicyclic) bond motifs is 1. The fraction of sp³-hybridized carbons (Fsp3) is 0.250. The van der Waals surface area contributed by atoms with Crippen molar-refractivity contribution >= 4 is 22.6 Å². The molecule has 5 nitrogen and oxygen atoms in total. The Labute approximate surface area is 147 Å². The topological polar surface area (TPSA) is 66.9 Å². The highest BCUT2D eigenvalue weighted by Gasteiger charge is 2.04. The van der Waals surface area contributed by atoms with Gasteiger partial charge >= 0.3 is 0 Å². The van der Waals surface area contributed by atoms with Crippen molar-refractivity contribution in [1.29, 1.82) is 0 Å². The summed E-state index contributed by atoms with van der Waals surface area (Å²) >= 11 is 0. The van der Waals surface area contributed by atoms with Crippen LogP contribution in [0.4, 0.5) is 5.82 Å². The summed E-state index contributed by atoms with van der Waals surface area (Å²) in [6.07, 6.45) is 3.68. The smallest absolute Gasteiger partial charge is 0.220 e. The maximum Gasteiger partial charge on any atom is 0.220 e. The highest BCUT2D eigenvalue weighted by Crippen LogP contribution is 2.18. The van der Waals surface area contributed by atoms with E-state index in [0.29, 0.717) is 19.5 Å². The zero-order valence-electron chi connectivity index (χ0n) is 14.1. The number of nitrogens with zero attached hydrogens (tertiary/aromatic N) is 2. The second kappa shape index (κ2) is 8.78. The zero-order valence-corrected chi connectivity index (χ0v) is 14.1. The minimum Gasteiger partial charge on any atom is -0.369 e. The lowest BCUT2D eigenvalue weighted by Gasteiger charge is -2.08. The fourth-order valence-corrected chi connectivity index (χ4v) is 2.68. The van der Waals surface area contributed by atoms with Gasteiger partial charge in [-0.2, -0.15) is 0 Å². The number of rotatable bonds is 8. The first-order chi connectivity index (χ1) is 12.3. The second-order valence-corrected chi connectivity index (χ2v) is 5.86. The molecule has 25 heavy (non-hydrogen) atoms. The molecule has 0 unspecified atom stereocenters. The van der Waals surface area contributed by atoms with Gasteiger partial charge in [0.15, 0.2) is 0 Å². The minimum absolute atomic E-state index is 0.0882. The number of nitrogens with one attached hydrogen (secondary N) is 2. The van der Waals surface area contributed by atoms with E-state index in [4.69, 9.17) is 0 Å². The molecule has 0 radical (unpaired) electrons. The molecule has 1 amide bonds. The van der Waals surface area contributed by atoms with Crippen LogP contribution in [0.5, 0.6) is 0 Å². The monoisotopic (exact) mass is 334 g/mol. The molecule has 2 N–H and O–H groups in total. The van der Waals surface area contributed by atoms with Crippen LogP contribution in [0.3, 0.4) is 0 Å². The van der Waals surface area contributed by atoms with Gasteiger partial charge in [0.05, 0.1) is 5.52 Å².